The molecule has 0 radical (unpaired) electrons. The van der Waals surface area contributed by atoms with Crippen molar-refractivity contribution in [3.05, 3.63) is 11.2 Å². The zero-order valence-electron chi connectivity index (χ0n) is 9.51. The fraction of sp³-hybridized carbons (Fsp3) is 0.600. The van der Waals surface area contributed by atoms with Crippen LogP contribution in [0.1, 0.15) is 0 Å². The number of nitrogens with two attached hydrogens (primary N) is 1. The van der Waals surface area contributed by atoms with Crippen molar-refractivity contribution in [3.63, 3.8) is 0 Å². The average Bonchev–Trinajstić information content (AvgIpc) is 2.34. The van der Waals surface area contributed by atoms with Gasteiger partial charge in [-0.15, -0.1) is 0 Å². The van der Waals surface area contributed by atoms with Crippen molar-refractivity contribution in [2.45, 2.75) is 0 Å². The van der Waals surface area contributed by atoms with E-state index in [9.17, 15) is 0 Å². The van der Waals surface area contributed by atoms with Crippen molar-refractivity contribution in [1.82, 2.24) is 14.9 Å². The van der Waals surface area contributed by atoms with Crippen molar-refractivity contribution in [3.8, 4) is 0 Å². The molecule has 0 saturated carbocycles. The molecule has 1 saturated heterocycles. The maximum atomic E-state index is 8.87. The summed E-state index contributed by atoms with van der Waals surface area (Å²) in [6.07, 6.45) is 1.53. The Kier molecular flexibility index (Phi) is 3.98. The lowest BCUT2D eigenvalue weighted by molar-refractivity contribution is 0.188. The summed E-state index contributed by atoms with van der Waals surface area (Å²) in [6, 6.07) is 0. The smallest absolute Gasteiger partial charge is 0.222 e. The summed E-state index contributed by atoms with van der Waals surface area (Å²) in [5.41, 5.74) is 5.56. The second kappa shape index (κ2) is 5.48. The molecular weight excluding hydrogens is 242 g/mol. The molecular formula is C10H16ClN5O. The first kappa shape index (κ1) is 12.3. The summed E-state index contributed by atoms with van der Waals surface area (Å²) in [7, 11) is 0. The summed E-state index contributed by atoms with van der Waals surface area (Å²) < 4.78 is 0. The van der Waals surface area contributed by atoms with Gasteiger partial charge in [-0.1, -0.05) is 11.6 Å². The van der Waals surface area contributed by atoms with Crippen molar-refractivity contribution in [1.29, 1.82) is 0 Å². The van der Waals surface area contributed by atoms with E-state index in [1.165, 1.54) is 6.20 Å². The van der Waals surface area contributed by atoms with Crippen LogP contribution in [0, 0.1) is 0 Å². The van der Waals surface area contributed by atoms with Gasteiger partial charge in [0.05, 0.1) is 12.8 Å². The van der Waals surface area contributed by atoms with E-state index in [1.54, 1.807) is 0 Å². The molecule has 1 aromatic rings. The molecule has 7 heteroatoms. The van der Waals surface area contributed by atoms with Gasteiger partial charge in [0, 0.05) is 32.7 Å². The topological polar surface area (TPSA) is 78.5 Å². The van der Waals surface area contributed by atoms with Gasteiger partial charge in [0.1, 0.15) is 5.02 Å². The highest BCUT2D eigenvalue weighted by molar-refractivity contribution is 6.32. The predicted molar refractivity (Wildman–Crippen MR) is 67.2 cm³/mol. The van der Waals surface area contributed by atoms with Crippen LogP contribution in [0.4, 0.5) is 11.8 Å². The summed E-state index contributed by atoms with van der Waals surface area (Å²) >= 11 is 6.05. The lowest BCUT2D eigenvalue weighted by atomic mass is 10.3. The third-order valence-corrected chi connectivity index (χ3v) is 3.10. The molecule has 0 amide bonds. The normalized spacial score (nSPS) is 17.4. The Hall–Kier alpha value is -1.11. The van der Waals surface area contributed by atoms with E-state index in [2.05, 4.69) is 19.8 Å². The Bertz CT molecular complexity index is 381. The quantitative estimate of drug-likeness (QED) is 0.783. The highest BCUT2D eigenvalue weighted by atomic mass is 35.5. The number of rotatable bonds is 3. The molecule has 0 bridgehead atoms. The van der Waals surface area contributed by atoms with Crippen molar-refractivity contribution >= 4 is 23.4 Å². The molecule has 0 unspecified atom stereocenters. The zero-order valence-corrected chi connectivity index (χ0v) is 10.3. The van der Waals surface area contributed by atoms with Gasteiger partial charge in [-0.2, -0.15) is 4.98 Å². The first-order valence-electron chi connectivity index (χ1n) is 5.57. The maximum Gasteiger partial charge on any atom is 0.222 e. The van der Waals surface area contributed by atoms with Gasteiger partial charge in [0.15, 0.2) is 5.82 Å². The number of halogens is 1. The predicted octanol–water partition coefficient (Wildman–Crippen LogP) is -0.174. The molecule has 0 aliphatic carbocycles. The Morgan fingerprint density at radius 1 is 1.35 bits per heavy atom. The molecule has 94 valence electrons. The minimum absolute atomic E-state index is 0.196. The number of piperazine rings is 1. The van der Waals surface area contributed by atoms with Gasteiger partial charge in [0.25, 0.3) is 0 Å². The summed E-state index contributed by atoms with van der Waals surface area (Å²) in [5.74, 6) is 0.935. The molecule has 17 heavy (non-hydrogen) atoms. The Morgan fingerprint density at radius 3 is 2.71 bits per heavy atom. The summed E-state index contributed by atoms with van der Waals surface area (Å²) in [6.45, 7) is 4.35. The Balaban J connectivity index is 2.02. The first-order valence-corrected chi connectivity index (χ1v) is 5.94. The number of aliphatic hydroxyl groups excluding tert-OH is 1. The molecule has 3 N–H and O–H groups in total. The van der Waals surface area contributed by atoms with Gasteiger partial charge in [-0.05, 0) is 0 Å². The van der Waals surface area contributed by atoms with E-state index in [-0.39, 0.29) is 12.6 Å². The second-order valence-corrected chi connectivity index (χ2v) is 4.36. The Morgan fingerprint density at radius 2 is 2.06 bits per heavy atom. The number of β-amino-alcohol motifs (C(OH)–C–C–N with tert-alkyl or cyclic N) is 1. The summed E-state index contributed by atoms with van der Waals surface area (Å²) in [4.78, 5) is 12.3. The number of nitrogen functional groups attached to an aromatic ring is 1. The van der Waals surface area contributed by atoms with Crippen LogP contribution in [0.2, 0.25) is 5.02 Å². The molecule has 6 nitrogen and oxygen atoms in total. The fourth-order valence-electron chi connectivity index (χ4n) is 1.92. The van der Waals surface area contributed by atoms with Gasteiger partial charge in [-0.3, -0.25) is 4.90 Å². The second-order valence-electron chi connectivity index (χ2n) is 3.95. The van der Waals surface area contributed by atoms with Crippen LogP contribution < -0.4 is 10.6 Å². The lowest BCUT2D eigenvalue weighted by Crippen LogP contribution is -2.47. The largest absolute Gasteiger partial charge is 0.395 e. The van der Waals surface area contributed by atoms with Gasteiger partial charge in [-0.25, -0.2) is 4.98 Å². The fourth-order valence-corrected chi connectivity index (χ4v) is 2.13. The number of aliphatic hydroxyl groups is 1. The van der Waals surface area contributed by atoms with Crippen LogP contribution in [0.3, 0.4) is 0 Å². The van der Waals surface area contributed by atoms with E-state index >= 15 is 0 Å². The SMILES string of the molecule is Nc1ncc(Cl)c(N2CCN(CCO)CC2)n1. The number of hydrogen-bond donors (Lipinski definition) is 2. The van der Waals surface area contributed by atoms with Crippen molar-refractivity contribution < 1.29 is 5.11 Å². The van der Waals surface area contributed by atoms with Crippen LogP contribution in [-0.4, -0.2) is 59.3 Å². The highest BCUT2D eigenvalue weighted by Gasteiger charge is 2.19. The van der Waals surface area contributed by atoms with Gasteiger partial charge >= 0.3 is 0 Å². The number of aromatic nitrogens is 2. The summed E-state index contributed by atoms with van der Waals surface area (Å²) in [5, 5.41) is 9.39. The minimum atomic E-state index is 0.196. The zero-order chi connectivity index (χ0) is 12.3. The molecule has 2 heterocycles. The van der Waals surface area contributed by atoms with Crippen LogP contribution in [0.15, 0.2) is 6.20 Å². The van der Waals surface area contributed by atoms with Crippen LogP contribution in [-0.2, 0) is 0 Å². The first-order chi connectivity index (χ1) is 8.20. The minimum Gasteiger partial charge on any atom is -0.395 e. The maximum absolute atomic E-state index is 8.87. The van der Waals surface area contributed by atoms with E-state index < -0.39 is 0 Å². The molecule has 1 fully saturated rings. The molecule has 1 aliphatic rings. The average molecular weight is 258 g/mol. The van der Waals surface area contributed by atoms with E-state index in [1.807, 2.05) is 0 Å². The van der Waals surface area contributed by atoms with Crippen LogP contribution >= 0.6 is 11.6 Å². The van der Waals surface area contributed by atoms with Gasteiger partial charge in [0.2, 0.25) is 5.95 Å². The molecule has 2 rings (SSSR count). The third kappa shape index (κ3) is 2.96. The number of nitrogens with zero attached hydrogens (tertiary/aromatic N) is 4. The molecule has 0 spiro atoms. The van der Waals surface area contributed by atoms with Crippen molar-refractivity contribution in [2.24, 2.45) is 0 Å². The van der Waals surface area contributed by atoms with E-state index in [4.69, 9.17) is 22.4 Å². The molecule has 1 aromatic heterocycles. The Labute approximate surface area is 105 Å². The molecule has 0 aromatic carbocycles. The molecule has 1 aliphatic heterocycles. The van der Waals surface area contributed by atoms with Gasteiger partial charge < -0.3 is 15.7 Å². The third-order valence-electron chi connectivity index (χ3n) is 2.83. The van der Waals surface area contributed by atoms with Crippen LogP contribution in [0.5, 0.6) is 0 Å². The standard InChI is InChI=1S/C10H16ClN5O/c11-8-7-13-10(12)14-9(8)16-3-1-15(2-4-16)5-6-17/h7,17H,1-6H2,(H2,12,13,14). The van der Waals surface area contributed by atoms with Crippen molar-refractivity contribution in [2.75, 3.05) is 50.0 Å². The lowest BCUT2D eigenvalue weighted by Gasteiger charge is -2.35. The molecule has 0 atom stereocenters. The monoisotopic (exact) mass is 257 g/mol. The van der Waals surface area contributed by atoms with E-state index in [0.29, 0.717) is 17.4 Å². The van der Waals surface area contributed by atoms with Crippen LogP contribution in [0.25, 0.3) is 0 Å². The number of hydrogen-bond acceptors (Lipinski definition) is 6. The highest BCUT2D eigenvalue weighted by Crippen LogP contribution is 2.23. The number of anilines is 2. The van der Waals surface area contributed by atoms with E-state index in [0.717, 1.165) is 26.2 Å².